The van der Waals surface area contributed by atoms with Crippen LogP contribution in [-0.2, 0) is 19.1 Å². The van der Waals surface area contributed by atoms with E-state index < -0.39 is 23.0 Å². The first-order valence-electron chi connectivity index (χ1n) is 8.93. The van der Waals surface area contributed by atoms with E-state index in [1.165, 1.54) is 0 Å². The van der Waals surface area contributed by atoms with E-state index in [1.54, 1.807) is 39.8 Å². The van der Waals surface area contributed by atoms with Gasteiger partial charge in [-0.15, -0.1) is 0 Å². The molecule has 0 radical (unpaired) electrons. The molecule has 0 saturated heterocycles. The van der Waals surface area contributed by atoms with E-state index in [9.17, 15) is 9.59 Å². The maximum atomic E-state index is 12.6. The van der Waals surface area contributed by atoms with Gasteiger partial charge < -0.3 is 9.47 Å². The molecule has 0 fully saturated rings. The molecule has 4 heteroatoms. The molecule has 0 unspecified atom stereocenters. The summed E-state index contributed by atoms with van der Waals surface area (Å²) in [5, 5.41) is 0. The van der Waals surface area contributed by atoms with Crippen molar-refractivity contribution in [2.75, 3.05) is 6.61 Å². The summed E-state index contributed by atoms with van der Waals surface area (Å²) in [4.78, 5) is 24.7. The molecule has 1 aromatic carbocycles. The summed E-state index contributed by atoms with van der Waals surface area (Å²) in [6, 6.07) is 9.07. The molecule has 1 rings (SSSR count). The fourth-order valence-electron chi connectivity index (χ4n) is 2.08. The molecule has 1 aromatic rings. The molecular formula is C23H28O4. The van der Waals surface area contributed by atoms with Crippen LogP contribution in [0.25, 0.3) is 5.57 Å². The largest absolute Gasteiger partial charge is 0.462 e. The van der Waals surface area contributed by atoms with Gasteiger partial charge in [0.05, 0.1) is 12.2 Å². The Morgan fingerprint density at radius 1 is 0.926 bits per heavy atom. The van der Waals surface area contributed by atoms with Crippen LogP contribution in [0.1, 0.15) is 54.0 Å². The third-order valence-electron chi connectivity index (χ3n) is 3.27. The Hall–Kier alpha value is -2.76. The van der Waals surface area contributed by atoms with Gasteiger partial charge in [-0.2, -0.15) is 0 Å². The van der Waals surface area contributed by atoms with Crippen LogP contribution in [0.3, 0.4) is 0 Å². The van der Waals surface area contributed by atoms with E-state index in [2.05, 4.69) is 17.2 Å². The Balaban J connectivity index is 3.63. The van der Waals surface area contributed by atoms with Crippen molar-refractivity contribution in [3.63, 3.8) is 0 Å². The molecule has 0 aliphatic carbocycles. The minimum absolute atomic E-state index is 0.218. The third-order valence-corrected chi connectivity index (χ3v) is 3.27. The summed E-state index contributed by atoms with van der Waals surface area (Å²) in [5.74, 6) is -0.978. The molecule has 0 aliphatic heterocycles. The van der Waals surface area contributed by atoms with E-state index in [0.717, 1.165) is 0 Å². The van der Waals surface area contributed by atoms with Crippen LogP contribution < -0.4 is 0 Å². The van der Waals surface area contributed by atoms with E-state index >= 15 is 0 Å². The molecule has 0 bridgehead atoms. The highest BCUT2D eigenvalue weighted by Crippen LogP contribution is 2.25. The van der Waals surface area contributed by atoms with E-state index in [1.807, 2.05) is 39.0 Å². The fourth-order valence-corrected chi connectivity index (χ4v) is 2.08. The summed E-state index contributed by atoms with van der Waals surface area (Å²) in [7, 11) is 0. The Morgan fingerprint density at radius 2 is 1.52 bits per heavy atom. The Morgan fingerprint density at radius 3 is 2.00 bits per heavy atom. The number of hydrogen-bond donors (Lipinski definition) is 0. The smallest absolute Gasteiger partial charge is 0.347 e. The SMILES string of the molecule is CCOC(=O)C(=C=C=C=C(C(=O)OC(C)(C)C)c1ccccc1)C(C)(C)C. The number of rotatable bonds is 4. The molecule has 0 atom stereocenters. The monoisotopic (exact) mass is 368 g/mol. The van der Waals surface area contributed by atoms with Crippen molar-refractivity contribution in [2.24, 2.45) is 5.41 Å². The zero-order valence-corrected chi connectivity index (χ0v) is 17.2. The second-order valence-electron chi connectivity index (χ2n) is 7.96. The maximum absolute atomic E-state index is 12.6. The standard InChI is InChI=1S/C23H28O4/c1-8-26-21(25)19(22(2,3)4)16-12-15-18(17-13-10-9-11-14-17)20(24)27-23(5,6)7/h9-11,13-14H,8H2,1-7H3. The molecule has 0 aromatic heterocycles. The molecule has 144 valence electrons. The molecule has 0 saturated carbocycles. The van der Waals surface area contributed by atoms with Crippen LogP contribution in [0.15, 0.2) is 53.1 Å². The van der Waals surface area contributed by atoms with E-state index in [4.69, 9.17) is 9.47 Å². The van der Waals surface area contributed by atoms with Gasteiger partial charge >= 0.3 is 11.9 Å². The van der Waals surface area contributed by atoms with Gasteiger partial charge in [-0.3, -0.25) is 0 Å². The Labute approximate surface area is 161 Å². The molecule has 0 heterocycles. The van der Waals surface area contributed by atoms with Crippen molar-refractivity contribution in [3.8, 4) is 0 Å². The van der Waals surface area contributed by atoms with Crippen molar-refractivity contribution in [3.05, 3.63) is 58.7 Å². The van der Waals surface area contributed by atoms with Gasteiger partial charge in [0.15, 0.2) is 0 Å². The predicted molar refractivity (Wildman–Crippen MR) is 106 cm³/mol. The number of benzene rings is 1. The summed E-state index contributed by atoms with van der Waals surface area (Å²) in [5.41, 5.74) is 8.41. The Bertz CT molecular complexity index is 813. The molecule has 4 nitrogen and oxygen atoms in total. The lowest BCUT2D eigenvalue weighted by molar-refractivity contribution is -0.147. The number of hydrogen-bond acceptors (Lipinski definition) is 4. The zero-order valence-electron chi connectivity index (χ0n) is 17.2. The molecular weight excluding hydrogens is 340 g/mol. The summed E-state index contributed by atoms with van der Waals surface area (Å²) in [6.45, 7) is 13.0. The topological polar surface area (TPSA) is 52.6 Å². The summed E-state index contributed by atoms with van der Waals surface area (Å²) in [6.07, 6.45) is 0. The van der Waals surface area contributed by atoms with Gasteiger partial charge in [-0.25, -0.2) is 9.59 Å². The first-order chi connectivity index (χ1) is 12.5. The van der Waals surface area contributed by atoms with Crippen LogP contribution >= 0.6 is 0 Å². The van der Waals surface area contributed by atoms with Crippen molar-refractivity contribution in [1.29, 1.82) is 0 Å². The highest BCUT2D eigenvalue weighted by molar-refractivity contribution is 6.16. The lowest BCUT2D eigenvalue weighted by Crippen LogP contribution is -2.24. The van der Waals surface area contributed by atoms with Crippen LogP contribution in [0.5, 0.6) is 0 Å². The van der Waals surface area contributed by atoms with Crippen LogP contribution in [0, 0.1) is 5.41 Å². The van der Waals surface area contributed by atoms with Crippen LogP contribution in [0.4, 0.5) is 0 Å². The highest BCUT2D eigenvalue weighted by atomic mass is 16.6. The molecule has 27 heavy (non-hydrogen) atoms. The van der Waals surface area contributed by atoms with Crippen LogP contribution in [-0.4, -0.2) is 24.1 Å². The minimum Gasteiger partial charge on any atom is -0.462 e. The average molecular weight is 368 g/mol. The van der Waals surface area contributed by atoms with Crippen LogP contribution in [0.2, 0.25) is 0 Å². The molecule has 0 spiro atoms. The first kappa shape index (κ1) is 22.3. The van der Waals surface area contributed by atoms with Gasteiger partial charge in [0, 0.05) is 5.41 Å². The highest BCUT2D eigenvalue weighted by Gasteiger charge is 2.25. The second kappa shape index (κ2) is 9.26. The quantitative estimate of drug-likeness (QED) is 0.433. The lowest BCUT2D eigenvalue weighted by atomic mass is 9.87. The zero-order chi connectivity index (χ0) is 20.7. The third kappa shape index (κ3) is 7.56. The van der Waals surface area contributed by atoms with E-state index in [-0.39, 0.29) is 12.2 Å². The fraction of sp³-hybridized carbons (Fsp3) is 0.435. The van der Waals surface area contributed by atoms with Gasteiger partial charge in [-0.05, 0) is 50.5 Å². The van der Waals surface area contributed by atoms with Gasteiger partial charge in [0.1, 0.15) is 11.2 Å². The van der Waals surface area contributed by atoms with Crippen molar-refractivity contribution in [1.82, 2.24) is 0 Å². The number of ether oxygens (including phenoxy) is 2. The van der Waals surface area contributed by atoms with Crippen molar-refractivity contribution in [2.45, 2.75) is 54.1 Å². The summed E-state index contributed by atoms with van der Waals surface area (Å²) >= 11 is 0. The number of carbonyl (C=O) groups is 2. The maximum Gasteiger partial charge on any atom is 0.347 e. The van der Waals surface area contributed by atoms with Crippen molar-refractivity contribution < 1.29 is 19.1 Å². The number of carbonyl (C=O) groups excluding carboxylic acids is 2. The molecule has 0 amide bonds. The van der Waals surface area contributed by atoms with Gasteiger partial charge in [-0.1, -0.05) is 51.1 Å². The second-order valence-corrected chi connectivity index (χ2v) is 7.96. The normalized spacial score (nSPS) is 10.8. The summed E-state index contributed by atoms with van der Waals surface area (Å²) < 4.78 is 10.5. The number of esters is 2. The molecule has 0 N–H and O–H groups in total. The lowest BCUT2D eigenvalue weighted by Gasteiger charge is -2.19. The van der Waals surface area contributed by atoms with E-state index in [0.29, 0.717) is 11.1 Å². The Kier molecular flexibility index (Phi) is 7.64. The van der Waals surface area contributed by atoms with Gasteiger partial charge in [0.2, 0.25) is 0 Å². The molecule has 0 aliphatic rings. The van der Waals surface area contributed by atoms with Crippen molar-refractivity contribution >= 4 is 17.5 Å². The average Bonchev–Trinajstić information content (AvgIpc) is 2.52. The predicted octanol–water partition coefficient (Wildman–Crippen LogP) is 4.86. The van der Waals surface area contributed by atoms with Gasteiger partial charge in [0.25, 0.3) is 0 Å². The first-order valence-corrected chi connectivity index (χ1v) is 8.93. The minimum atomic E-state index is -0.639.